The average molecular weight is 360 g/mol. The number of rotatable bonds is 6. The summed E-state index contributed by atoms with van der Waals surface area (Å²) in [6.45, 7) is 10.6. The Morgan fingerprint density at radius 2 is 1.77 bits per heavy atom. The van der Waals surface area contributed by atoms with Gasteiger partial charge in [-0.3, -0.25) is 4.79 Å². The van der Waals surface area contributed by atoms with Crippen LogP contribution in [0.15, 0.2) is 29.9 Å². The number of ketones is 1. The first-order valence-corrected chi connectivity index (χ1v) is 8.22. The summed E-state index contributed by atoms with van der Waals surface area (Å²) in [5.41, 5.74) is 2.05. The molecular formula is C20H24O6. The molecule has 2 rings (SSSR count). The minimum atomic E-state index is -0.734. The van der Waals surface area contributed by atoms with Gasteiger partial charge in [-0.15, -0.1) is 0 Å². The number of hydrogen-bond donors (Lipinski definition) is 0. The fourth-order valence-electron chi connectivity index (χ4n) is 2.79. The van der Waals surface area contributed by atoms with Gasteiger partial charge in [-0.2, -0.15) is 0 Å². The zero-order valence-electron chi connectivity index (χ0n) is 16.0. The molecule has 1 aromatic rings. The van der Waals surface area contributed by atoms with E-state index in [9.17, 15) is 9.59 Å². The third-order valence-electron chi connectivity index (χ3n) is 4.31. The van der Waals surface area contributed by atoms with Gasteiger partial charge in [0, 0.05) is 11.1 Å². The maximum Gasteiger partial charge on any atom is 0.334 e. The van der Waals surface area contributed by atoms with Crippen molar-refractivity contribution in [2.24, 2.45) is 0 Å². The Morgan fingerprint density at radius 3 is 2.23 bits per heavy atom. The lowest BCUT2D eigenvalue weighted by atomic mass is 9.98. The molecule has 0 spiro atoms. The van der Waals surface area contributed by atoms with Crippen molar-refractivity contribution < 1.29 is 28.5 Å². The highest BCUT2D eigenvalue weighted by molar-refractivity contribution is 5.99. The second kappa shape index (κ2) is 7.64. The second-order valence-corrected chi connectivity index (χ2v) is 6.15. The monoisotopic (exact) mass is 360 g/mol. The van der Waals surface area contributed by atoms with Crippen molar-refractivity contribution in [2.75, 3.05) is 14.2 Å². The molecule has 6 heteroatoms. The number of ether oxygens (including phenoxy) is 4. The second-order valence-electron chi connectivity index (χ2n) is 6.15. The zero-order chi connectivity index (χ0) is 19.6. The molecule has 0 aliphatic carbocycles. The van der Waals surface area contributed by atoms with Gasteiger partial charge in [0.1, 0.15) is 0 Å². The van der Waals surface area contributed by atoms with Gasteiger partial charge in [0.15, 0.2) is 29.5 Å². The van der Waals surface area contributed by atoms with Crippen molar-refractivity contribution in [3.05, 3.63) is 41.0 Å². The van der Waals surface area contributed by atoms with Crippen LogP contribution in [0.2, 0.25) is 0 Å². The first-order chi connectivity index (χ1) is 12.3. The van der Waals surface area contributed by atoms with E-state index in [1.54, 1.807) is 32.9 Å². The number of methoxy groups -OCH3 is 2. The van der Waals surface area contributed by atoms with Crippen LogP contribution in [0.25, 0.3) is 0 Å². The molecule has 0 aromatic heterocycles. The van der Waals surface area contributed by atoms with Crippen molar-refractivity contribution in [3.63, 3.8) is 0 Å². The Bertz CT molecular complexity index is 790. The number of carbonyl (C=O) groups is 2. The minimum Gasteiger partial charge on any atom is -0.492 e. The van der Waals surface area contributed by atoms with Gasteiger partial charge in [-0.25, -0.2) is 4.79 Å². The van der Waals surface area contributed by atoms with Crippen LogP contribution in [0, 0.1) is 0 Å². The van der Waals surface area contributed by atoms with Gasteiger partial charge in [0.25, 0.3) is 0 Å². The van der Waals surface area contributed by atoms with Crippen molar-refractivity contribution in [3.8, 4) is 17.2 Å². The lowest BCUT2D eigenvalue weighted by Gasteiger charge is -2.19. The summed E-state index contributed by atoms with van der Waals surface area (Å²) in [7, 11) is 2.92. The summed E-state index contributed by atoms with van der Waals surface area (Å²) in [5, 5.41) is 0. The van der Waals surface area contributed by atoms with Gasteiger partial charge in [-0.05, 0) is 39.3 Å². The summed E-state index contributed by atoms with van der Waals surface area (Å²) in [4.78, 5) is 24.4. The van der Waals surface area contributed by atoms with E-state index in [1.807, 2.05) is 0 Å². The van der Waals surface area contributed by atoms with E-state index in [0.29, 0.717) is 33.8 Å². The van der Waals surface area contributed by atoms with E-state index < -0.39 is 18.2 Å². The molecule has 2 atom stereocenters. The molecule has 0 unspecified atom stereocenters. The molecule has 0 fully saturated rings. The minimum absolute atomic E-state index is 0.198. The van der Waals surface area contributed by atoms with Crippen molar-refractivity contribution in [2.45, 2.75) is 39.9 Å². The Balaban J connectivity index is 2.65. The number of benzene rings is 1. The summed E-state index contributed by atoms with van der Waals surface area (Å²) in [6, 6.07) is 1.63. The highest BCUT2D eigenvalue weighted by Gasteiger charge is 2.42. The third kappa shape index (κ3) is 3.31. The van der Waals surface area contributed by atoms with Crippen LogP contribution >= 0.6 is 0 Å². The molecular weight excluding hydrogens is 336 g/mol. The number of allylic oxidation sites excluding steroid dienone is 1. The standard InChI is InChI=1S/C20H24O6/c1-8-11(4)20(22)26-17-14-9-13(12(5)21)16(23-6)19(24-7)18(14)25-15(17)10(2)3/h8-9,15,17H,2H2,1,3-7H3/b11-8-/t15-,17-/m1/s1. The number of hydrogen-bond acceptors (Lipinski definition) is 6. The molecule has 0 saturated carbocycles. The largest absolute Gasteiger partial charge is 0.492 e. The molecule has 0 radical (unpaired) electrons. The molecule has 1 heterocycles. The van der Waals surface area contributed by atoms with E-state index in [1.165, 1.54) is 21.1 Å². The third-order valence-corrected chi connectivity index (χ3v) is 4.31. The van der Waals surface area contributed by atoms with Gasteiger partial charge in [-0.1, -0.05) is 12.7 Å². The maximum absolute atomic E-state index is 12.3. The molecule has 140 valence electrons. The summed E-state index contributed by atoms with van der Waals surface area (Å²) in [6.07, 6.45) is 0.354. The summed E-state index contributed by atoms with van der Waals surface area (Å²) in [5.74, 6) is 0.313. The topological polar surface area (TPSA) is 71.1 Å². The highest BCUT2D eigenvalue weighted by Crippen LogP contribution is 2.52. The lowest BCUT2D eigenvalue weighted by Crippen LogP contribution is -2.24. The van der Waals surface area contributed by atoms with Gasteiger partial charge in [0.2, 0.25) is 5.75 Å². The zero-order valence-corrected chi connectivity index (χ0v) is 16.0. The first-order valence-electron chi connectivity index (χ1n) is 8.22. The predicted octanol–water partition coefficient (Wildman–Crippen LogP) is 3.79. The van der Waals surface area contributed by atoms with E-state index >= 15 is 0 Å². The van der Waals surface area contributed by atoms with Crippen LogP contribution in [0.1, 0.15) is 49.7 Å². The predicted molar refractivity (Wildman–Crippen MR) is 97.0 cm³/mol. The van der Waals surface area contributed by atoms with Gasteiger partial charge < -0.3 is 18.9 Å². The van der Waals surface area contributed by atoms with Crippen molar-refractivity contribution in [1.29, 1.82) is 0 Å². The van der Waals surface area contributed by atoms with E-state index in [2.05, 4.69) is 6.58 Å². The molecule has 0 amide bonds. The number of Topliss-reactive ketones (excluding diaryl/α,β-unsaturated/α-hetero) is 1. The Morgan fingerprint density at radius 1 is 1.15 bits per heavy atom. The quantitative estimate of drug-likeness (QED) is 0.333. The van der Waals surface area contributed by atoms with Crippen LogP contribution in [0.3, 0.4) is 0 Å². The molecule has 0 bridgehead atoms. The molecule has 26 heavy (non-hydrogen) atoms. The Hall–Kier alpha value is -2.76. The highest BCUT2D eigenvalue weighted by atomic mass is 16.6. The fraction of sp³-hybridized carbons (Fsp3) is 0.400. The van der Waals surface area contributed by atoms with E-state index in [-0.39, 0.29) is 11.5 Å². The fourth-order valence-corrected chi connectivity index (χ4v) is 2.79. The van der Waals surface area contributed by atoms with Crippen LogP contribution in [0.4, 0.5) is 0 Å². The van der Waals surface area contributed by atoms with Crippen molar-refractivity contribution >= 4 is 11.8 Å². The van der Waals surface area contributed by atoms with E-state index in [4.69, 9.17) is 18.9 Å². The maximum atomic E-state index is 12.3. The van der Waals surface area contributed by atoms with Crippen LogP contribution in [-0.4, -0.2) is 32.1 Å². The smallest absolute Gasteiger partial charge is 0.334 e. The first kappa shape index (κ1) is 19.6. The summed E-state index contributed by atoms with van der Waals surface area (Å²) >= 11 is 0. The molecule has 0 N–H and O–H groups in total. The molecule has 0 saturated heterocycles. The van der Waals surface area contributed by atoms with Crippen LogP contribution < -0.4 is 14.2 Å². The Labute approximate surface area is 153 Å². The lowest BCUT2D eigenvalue weighted by molar-refractivity contribution is -0.146. The molecule has 6 nitrogen and oxygen atoms in total. The molecule has 1 aromatic carbocycles. The average Bonchev–Trinajstić information content (AvgIpc) is 2.97. The Kier molecular flexibility index (Phi) is 5.75. The molecule has 1 aliphatic heterocycles. The van der Waals surface area contributed by atoms with Crippen LogP contribution in [0.5, 0.6) is 17.2 Å². The molecule has 1 aliphatic rings. The SMILES string of the molecule is C=C(C)[C@H]1Oc2c(cc(C(C)=O)c(OC)c2OC)[C@H]1OC(=O)/C(C)=C\C. The number of carbonyl (C=O) groups excluding carboxylic acids is 2. The van der Waals surface area contributed by atoms with Gasteiger partial charge in [0.05, 0.1) is 19.8 Å². The van der Waals surface area contributed by atoms with Gasteiger partial charge >= 0.3 is 5.97 Å². The summed E-state index contributed by atoms with van der Waals surface area (Å²) < 4.78 is 22.4. The van der Waals surface area contributed by atoms with Crippen molar-refractivity contribution in [1.82, 2.24) is 0 Å². The van der Waals surface area contributed by atoms with Crippen LogP contribution in [-0.2, 0) is 9.53 Å². The van der Waals surface area contributed by atoms with E-state index in [0.717, 1.165) is 0 Å². The number of esters is 1. The normalized spacial score (nSPS) is 18.6. The number of fused-ring (bicyclic) bond motifs is 1.